The number of nitrogens with one attached hydrogen (secondary N) is 1. The number of likely N-dealkylation sites (N-methyl/N-ethyl adjacent to an activating group) is 1. The van der Waals surface area contributed by atoms with Gasteiger partial charge in [0.05, 0.1) is 19.2 Å². The summed E-state index contributed by atoms with van der Waals surface area (Å²) in [5.41, 5.74) is 2.77. The van der Waals surface area contributed by atoms with Crippen molar-refractivity contribution in [3.63, 3.8) is 0 Å². The Labute approximate surface area is 210 Å². The minimum Gasteiger partial charge on any atom is -0.472 e. The molecule has 2 aromatic rings. The van der Waals surface area contributed by atoms with E-state index in [-0.39, 0.29) is 30.9 Å². The van der Waals surface area contributed by atoms with Crippen molar-refractivity contribution in [1.29, 1.82) is 0 Å². The van der Waals surface area contributed by atoms with Crippen LogP contribution in [0.5, 0.6) is 5.88 Å². The van der Waals surface area contributed by atoms with Crippen LogP contribution in [-0.2, 0) is 0 Å². The molecule has 8 nitrogen and oxygen atoms in total. The Morgan fingerprint density at radius 1 is 1.39 bits per heavy atom. The Hall–Kier alpha value is -3.46. The van der Waals surface area contributed by atoms with Gasteiger partial charge in [0.1, 0.15) is 17.5 Å². The van der Waals surface area contributed by atoms with Crippen LogP contribution in [0, 0.1) is 11.7 Å². The number of fused-ring (bicyclic) bond motifs is 1. The van der Waals surface area contributed by atoms with E-state index in [0.29, 0.717) is 17.8 Å². The highest BCUT2D eigenvalue weighted by atomic mass is 19.1. The number of hydrogen-bond acceptors (Lipinski definition) is 5. The van der Waals surface area contributed by atoms with Gasteiger partial charge in [-0.2, -0.15) is 0 Å². The van der Waals surface area contributed by atoms with Gasteiger partial charge in [0.15, 0.2) is 0 Å². The summed E-state index contributed by atoms with van der Waals surface area (Å²) in [6.07, 6.45) is 6.45. The molecule has 0 radical (unpaired) electrons. The van der Waals surface area contributed by atoms with Crippen molar-refractivity contribution in [2.75, 3.05) is 32.1 Å². The third-order valence-electron chi connectivity index (χ3n) is 6.81. The molecule has 4 rings (SSSR count). The van der Waals surface area contributed by atoms with Crippen molar-refractivity contribution in [1.82, 2.24) is 14.8 Å². The molecule has 192 valence electrons. The second-order valence-electron chi connectivity index (χ2n) is 9.64. The van der Waals surface area contributed by atoms with Gasteiger partial charge in [-0.05, 0) is 61.6 Å². The van der Waals surface area contributed by atoms with Gasteiger partial charge in [0.25, 0.3) is 5.91 Å². The zero-order valence-electron chi connectivity index (χ0n) is 20.9. The van der Waals surface area contributed by atoms with Crippen LogP contribution in [0.15, 0.2) is 42.6 Å². The van der Waals surface area contributed by atoms with Crippen LogP contribution in [0.3, 0.4) is 0 Å². The van der Waals surface area contributed by atoms with Crippen LogP contribution < -0.4 is 10.1 Å². The number of carbonyl (C=O) groups is 2. The lowest BCUT2D eigenvalue weighted by Crippen LogP contribution is -2.50. The average molecular weight is 497 g/mol. The van der Waals surface area contributed by atoms with Crippen LogP contribution in [0.25, 0.3) is 5.57 Å². The number of allylic oxidation sites excluding steroid dienone is 2. The van der Waals surface area contributed by atoms with E-state index in [1.807, 2.05) is 13.0 Å². The number of carbonyl (C=O) groups excluding carboxylic acids is 2. The number of halogens is 1. The van der Waals surface area contributed by atoms with Gasteiger partial charge in [-0.1, -0.05) is 19.1 Å². The SMILES string of the molecule is C[C@H]1CN([C@@H](C)CO)C(=O)c2cc(C3=CCCC3)cnc2O[C@H]1CN(C)C(=O)Nc1cccc(F)c1. The molecule has 0 saturated heterocycles. The van der Waals surface area contributed by atoms with Crippen molar-refractivity contribution in [3.05, 3.63) is 59.5 Å². The zero-order valence-corrected chi connectivity index (χ0v) is 20.9. The van der Waals surface area contributed by atoms with Gasteiger partial charge < -0.3 is 25.0 Å². The molecule has 0 spiro atoms. The number of rotatable bonds is 6. The molecular formula is C27H33FN4O4. The highest BCUT2D eigenvalue weighted by molar-refractivity contribution is 5.97. The molecule has 3 amide bonds. The molecule has 2 aliphatic rings. The first-order valence-corrected chi connectivity index (χ1v) is 12.3. The predicted octanol–water partition coefficient (Wildman–Crippen LogP) is 4.17. The topological polar surface area (TPSA) is 95.0 Å². The maximum atomic E-state index is 13.5. The number of hydrogen-bond donors (Lipinski definition) is 2. The normalized spacial score (nSPS) is 20.5. The number of anilines is 1. The standard InChI is InChI=1S/C27H33FN4O4/c1-17-14-32(18(2)16-33)26(34)23-11-20(19-7-4-5-8-19)13-29-25(23)36-24(17)15-31(3)27(35)30-22-10-6-9-21(28)12-22/h6-7,9-13,17-18,24,33H,4-5,8,14-16H2,1-3H3,(H,30,35)/t17-,18-,24-/m0/s1. The lowest BCUT2D eigenvalue weighted by molar-refractivity contribution is 0.0356. The summed E-state index contributed by atoms with van der Waals surface area (Å²) >= 11 is 0. The van der Waals surface area contributed by atoms with E-state index in [2.05, 4.69) is 16.4 Å². The fraction of sp³-hybridized carbons (Fsp3) is 0.444. The molecule has 9 heteroatoms. The molecule has 0 bridgehead atoms. The number of aromatic nitrogens is 1. The third kappa shape index (κ3) is 5.67. The van der Waals surface area contributed by atoms with Crippen molar-refractivity contribution in [2.45, 2.75) is 45.3 Å². The molecule has 3 atom stereocenters. The molecule has 0 saturated carbocycles. The number of urea groups is 1. The molecular weight excluding hydrogens is 463 g/mol. The van der Waals surface area contributed by atoms with Crippen LogP contribution in [0.1, 0.15) is 49.0 Å². The predicted molar refractivity (Wildman–Crippen MR) is 135 cm³/mol. The molecule has 1 aromatic heterocycles. The number of amides is 3. The Morgan fingerprint density at radius 2 is 2.19 bits per heavy atom. The third-order valence-corrected chi connectivity index (χ3v) is 6.81. The van der Waals surface area contributed by atoms with E-state index in [0.717, 1.165) is 24.8 Å². The monoisotopic (exact) mass is 496 g/mol. The Bertz CT molecular complexity index is 1150. The molecule has 0 fully saturated rings. The van der Waals surface area contributed by atoms with E-state index in [1.165, 1.54) is 28.7 Å². The smallest absolute Gasteiger partial charge is 0.321 e. The molecule has 36 heavy (non-hydrogen) atoms. The summed E-state index contributed by atoms with van der Waals surface area (Å²) in [5, 5.41) is 12.5. The lowest BCUT2D eigenvalue weighted by Gasteiger charge is -2.37. The highest BCUT2D eigenvalue weighted by Crippen LogP contribution is 2.32. The van der Waals surface area contributed by atoms with E-state index in [1.54, 1.807) is 31.1 Å². The average Bonchev–Trinajstić information content (AvgIpc) is 3.40. The summed E-state index contributed by atoms with van der Waals surface area (Å²) in [5.74, 6) is -0.625. The van der Waals surface area contributed by atoms with E-state index in [9.17, 15) is 19.1 Å². The lowest BCUT2D eigenvalue weighted by atomic mass is 9.99. The summed E-state index contributed by atoms with van der Waals surface area (Å²) in [7, 11) is 1.63. The quantitative estimate of drug-likeness (QED) is 0.626. The first kappa shape index (κ1) is 25.6. The summed E-state index contributed by atoms with van der Waals surface area (Å²) < 4.78 is 19.8. The van der Waals surface area contributed by atoms with Crippen LogP contribution in [0.2, 0.25) is 0 Å². The Balaban J connectivity index is 1.59. The number of aliphatic hydroxyl groups is 1. The summed E-state index contributed by atoms with van der Waals surface area (Å²) in [6.45, 7) is 4.13. The van der Waals surface area contributed by atoms with E-state index < -0.39 is 24.0 Å². The maximum absolute atomic E-state index is 13.5. The zero-order chi connectivity index (χ0) is 25.8. The van der Waals surface area contributed by atoms with Gasteiger partial charge in [0, 0.05) is 31.4 Å². The summed E-state index contributed by atoms with van der Waals surface area (Å²) in [6, 6.07) is 6.72. The molecule has 1 aromatic carbocycles. The number of nitrogens with zero attached hydrogens (tertiary/aromatic N) is 3. The van der Waals surface area contributed by atoms with Crippen LogP contribution in [-0.4, -0.2) is 70.7 Å². The molecule has 1 aliphatic carbocycles. The second kappa shape index (κ2) is 11.1. The summed E-state index contributed by atoms with van der Waals surface area (Å²) in [4.78, 5) is 34.0. The largest absolute Gasteiger partial charge is 0.472 e. The van der Waals surface area contributed by atoms with Crippen molar-refractivity contribution in [3.8, 4) is 5.88 Å². The van der Waals surface area contributed by atoms with Gasteiger partial charge in [-0.25, -0.2) is 14.2 Å². The number of aliphatic hydroxyl groups excluding tert-OH is 1. The van der Waals surface area contributed by atoms with E-state index in [4.69, 9.17) is 4.74 Å². The fourth-order valence-corrected chi connectivity index (χ4v) is 4.57. The Kier molecular flexibility index (Phi) is 7.88. The van der Waals surface area contributed by atoms with Gasteiger partial charge in [-0.3, -0.25) is 4.79 Å². The first-order chi connectivity index (χ1) is 17.3. The number of ether oxygens (including phenoxy) is 1. The maximum Gasteiger partial charge on any atom is 0.321 e. The molecule has 2 N–H and O–H groups in total. The highest BCUT2D eigenvalue weighted by Gasteiger charge is 2.35. The first-order valence-electron chi connectivity index (χ1n) is 12.3. The molecule has 0 unspecified atom stereocenters. The Morgan fingerprint density at radius 3 is 2.89 bits per heavy atom. The van der Waals surface area contributed by atoms with E-state index >= 15 is 0 Å². The minimum absolute atomic E-state index is 0.167. The fourth-order valence-electron chi connectivity index (χ4n) is 4.57. The second-order valence-corrected chi connectivity index (χ2v) is 9.64. The van der Waals surface area contributed by atoms with Gasteiger partial charge in [0.2, 0.25) is 5.88 Å². The van der Waals surface area contributed by atoms with Gasteiger partial charge >= 0.3 is 6.03 Å². The molecule has 2 heterocycles. The molecule has 1 aliphatic heterocycles. The number of pyridine rings is 1. The number of benzene rings is 1. The van der Waals surface area contributed by atoms with Crippen LogP contribution >= 0.6 is 0 Å². The van der Waals surface area contributed by atoms with Crippen molar-refractivity contribution < 1.29 is 23.8 Å². The van der Waals surface area contributed by atoms with Crippen LogP contribution in [0.4, 0.5) is 14.9 Å². The van der Waals surface area contributed by atoms with Crippen molar-refractivity contribution >= 4 is 23.2 Å². The van der Waals surface area contributed by atoms with Gasteiger partial charge in [-0.15, -0.1) is 0 Å². The minimum atomic E-state index is -0.474. The van der Waals surface area contributed by atoms with Crippen molar-refractivity contribution in [2.24, 2.45) is 5.92 Å².